The predicted molar refractivity (Wildman–Crippen MR) is 66.7 cm³/mol. The minimum absolute atomic E-state index is 0.0143. The third-order valence-corrected chi connectivity index (χ3v) is 2.48. The van der Waals surface area contributed by atoms with Gasteiger partial charge in [0.15, 0.2) is 0 Å². The Hall–Kier alpha value is -1.35. The molecule has 0 radical (unpaired) electrons. The van der Waals surface area contributed by atoms with Crippen LogP contribution >= 0.6 is 0 Å². The Labute approximate surface area is 106 Å². The molecule has 0 fully saturated rings. The van der Waals surface area contributed by atoms with Crippen molar-refractivity contribution in [3.63, 3.8) is 0 Å². The molecule has 1 rings (SSSR count). The topological polar surface area (TPSA) is 99.1 Å². The number of nitrogens with zero attached hydrogens (tertiary/aromatic N) is 1. The van der Waals surface area contributed by atoms with Crippen LogP contribution in [0.3, 0.4) is 0 Å². The maximum Gasteiger partial charge on any atom is 0.446 e. The van der Waals surface area contributed by atoms with Crippen LogP contribution in [0.4, 0.5) is 5.69 Å². The van der Waals surface area contributed by atoms with Crippen molar-refractivity contribution in [2.45, 2.75) is 6.92 Å². The van der Waals surface area contributed by atoms with E-state index in [2.05, 4.69) is 9.61 Å². The van der Waals surface area contributed by atoms with E-state index in [1.54, 1.807) is 17.1 Å². The van der Waals surface area contributed by atoms with Crippen LogP contribution in [0.1, 0.15) is 6.92 Å². The van der Waals surface area contributed by atoms with Crippen LogP contribution in [-0.4, -0.2) is 37.8 Å². The fourth-order valence-electron chi connectivity index (χ4n) is 1.37. The summed E-state index contributed by atoms with van der Waals surface area (Å²) in [6.45, 7) is 3.02. The second-order valence-corrected chi connectivity index (χ2v) is 4.40. The minimum atomic E-state index is -4.49. The van der Waals surface area contributed by atoms with Crippen molar-refractivity contribution < 1.29 is 22.3 Å². The van der Waals surface area contributed by atoms with Gasteiger partial charge in [0.1, 0.15) is 5.75 Å². The number of anilines is 1. The van der Waals surface area contributed by atoms with E-state index in [-0.39, 0.29) is 12.4 Å². The highest BCUT2D eigenvalue weighted by molar-refractivity contribution is 7.81. The van der Waals surface area contributed by atoms with Crippen molar-refractivity contribution in [3.05, 3.63) is 24.3 Å². The molecular formula is C10H16N2O5S. The lowest BCUT2D eigenvalue weighted by molar-refractivity contribution is 0.290. The normalized spacial score (nSPS) is 11.3. The average Bonchev–Trinajstić information content (AvgIpc) is 2.30. The average molecular weight is 276 g/mol. The van der Waals surface area contributed by atoms with E-state index in [1.165, 1.54) is 12.1 Å². The maximum atomic E-state index is 10.5. The SMILES string of the molecule is CCN(NCCO)c1ccc(OS(=O)(=O)O)cc1. The van der Waals surface area contributed by atoms with E-state index in [0.29, 0.717) is 13.1 Å². The first-order chi connectivity index (χ1) is 8.46. The summed E-state index contributed by atoms with van der Waals surface area (Å²) in [7, 11) is -4.49. The third kappa shape index (κ3) is 4.88. The number of nitrogens with one attached hydrogen (secondary N) is 1. The van der Waals surface area contributed by atoms with Crippen molar-refractivity contribution in [2.75, 3.05) is 24.7 Å². The molecule has 0 amide bonds. The van der Waals surface area contributed by atoms with Crippen molar-refractivity contribution >= 4 is 16.1 Å². The van der Waals surface area contributed by atoms with Gasteiger partial charge in [-0.25, -0.2) is 5.43 Å². The Morgan fingerprint density at radius 1 is 1.33 bits per heavy atom. The third-order valence-electron chi connectivity index (χ3n) is 2.08. The molecule has 0 bridgehead atoms. The molecule has 102 valence electrons. The molecule has 0 aromatic heterocycles. The lowest BCUT2D eigenvalue weighted by Gasteiger charge is -2.23. The highest BCUT2D eigenvalue weighted by Crippen LogP contribution is 2.19. The number of aliphatic hydroxyl groups is 1. The maximum absolute atomic E-state index is 10.5. The van der Waals surface area contributed by atoms with Crippen LogP contribution < -0.4 is 14.6 Å². The number of rotatable bonds is 7. The first kappa shape index (κ1) is 14.7. The number of aliphatic hydroxyl groups excluding tert-OH is 1. The van der Waals surface area contributed by atoms with Crippen molar-refractivity contribution in [3.8, 4) is 5.75 Å². The van der Waals surface area contributed by atoms with Crippen molar-refractivity contribution in [2.24, 2.45) is 0 Å². The molecule has 1 aromatic rings. The Bertz CT molecular complexity index is 460. The van der Waals surface area contributed by atoms with E-state index in [4.69, 9.17) is 9.66 Å². The van der Waals surface area contributed by atoms with Crippen LogP contribution in [0.15, 0.2) is 24.3 Å². The molecule has 7 nitrogen and oxygen atoms in total. The Morgan fingerprint density at radius 2 is 1.94 bits per heavy atom. The molecule has 0 saturated carbocycles. The zero-order valence-electron chi connectivity index (χ0n) is 9.91. The van der Waals surface area contributed by atoms with E-state index in [1.807, 2.05) is 6.92 Å². The molecule has 18 heavy (non-hydrogen) atoms. The van der Waals surface area contributed by atoms with Gasteiger partial charge < -0.3 is 14.3 Å². The van der Waals surface area contributed by atoms with Gasteiger partial charge in [-0.15, -0.1) is 0 Å². The first-order valence-corrected chi connectivity index (χ1v) is 6.71. The molecule has 8 heteroatoms. The quantitative estimate of drug-likeness (QED) is 0.483. The van der Waals surface area contributed by atoms with E-state index >= 15 is 0 Å². The Balaban J connectivity index is 2.74. The van der Waals surface area contributed by atoms with Crippen LogP contribution in [0.25, 0.3) is 0 Å². The van der Waals surface area contributed by atoms with Gasteiger partial charge in [0, 0.05) is 13.1 Å². The van der Waals surface area contributed by atoms with Crippen LogP contribution in [0.5, 0.6) is 5.75 Å². The molecule has 0 aliphatic rings. The molecular weight excluding hydrogens is 260 g/mol. The van der Waals surface area contributed by atoms with Gasteiger partial charge in [0.05, 0.1) is 12.3 Å². The molecule has 3 N–H and O–H groups in total. The van der Waals surface area contributed by atoms with Crippen molar-refractivity contribution in [1.82, 2.24) is 5.43 Å². The Morgan fingerprint density at radius 3 is 2.39 bits per heavy atom. The van der Waals surface area contributed by atoms with E-state index < -0.39 is 10.4 Å². The summed E-state index contributed by atoms with van der Waals surface area (Å²) in [5.41, 5.74) is 3.76. The predicted octanol–water partition coefficient (Wildman–Crippen LogP) is 0.191. The number of hydrogen-bond acceptors (Lipinski definition) is 6. The lowest BCUT2D eigenvalue weighted by atomic mass is 10.3. The summed E-state index contributed by atoms with van der Waals surface area (Å²) in [6.07, 6.45) is 0. The lowest BCUT2D eigenvalue weighted by Crippen LogP contribution is -2.39. The summed E-state index contributed by atoms with van der Waals surface area (Å²) in [4.78, 5) is 0. The smallest absolute Gasteiger partial charge is 0.395 e. The summed E-state index contributed by atoms with van der Waals surface area (Å²) < 4.78 is 33.8. The zero-order valence-corrected chi connectivity index (χ0v) is 10.7. The molecule has 0 saturated heterocycles. The van der Waals surface area contributed by atoms with Gasteiger partial charge in [0.25, 0.3) is 0 Å². The van der Waals surface area contributed by atoms with Gasteiger partial charge in [0.2, 0.25) is 0 Å². The van der Waals surface area contributed by atoms with Gasteiger partial charge >= 0.3 is 10.4 Å². The fourth-order valence-corrected chi connectivity index (χ4v) is 1.73. The van der Waals surface area contributed by atoms with Gasteiger partial charge in [-0.3, -0.25) is 4.55 Å². The standard InChI is InChI=1S/C10H16N2O5S/c1-2-12(11-7-8-13)9-3-5-10(6-4-9)17-18(14,15)16/h3-6,11,13H,2,7-8H2,1H3,(H,14,15,16). The number of hydrazine groups is 1. The molecule has 0 aliphatic heterocycles. The minimum Gasteiger partial charge on any atom is -0.395 e. The highest BCUT2D eigenvalue weighted by Gasteiger charge is 2.08. The van der Waals surface area contributed by atoms with Gasteiger partial charge in [-0.1, -0.05) is 0 Å². The fraction of sp³-hybridized carbons (Fsp3) is 0.400. The molecule has 0 spiro atoms. The highest BCUT2D eigenvalue weighted by atomic mass is 32.3. The first-order valence-electron chi connectivity index (χ1n) is 5.35. The van der Waals surface area contributed by atoms with Crippen LogP contribution in [0.2, 0.25) is 0 Å². The van der Waals surface area contributed by atoms with E-state index in [0.717, 1.165) is 5.69 Å². The van der Waals surface area contributed by atoms with Gasteiger partial charge in [-0.05, 0) is 31.2 Å². The monoisotopic (exact) mass is 276 g/mol. The molecule has 1 aromatic carbocycles. The largest absolute Gasteiger partial charge is 0.446 e. The second-order valence-electron chi connectivity index (χ2n) is 3.38. The summed E-state index contributed by atoms with van der Waals surface area (Å²) in [5.74, 6) is 0.0273. The van der Waals surface area contributed by atoms with Crippen molar-refractivity contribution in [1.29, 1.82) is 0 Å². The van der Waals surface area contributed by atoms with E-state index in [9.17, 15) is 8.42 Å². The summed E-state index contributed by atoms with van der Waals surface area (Å²) in [5, 5.41) is 10.5. The molecule has 0 aliphatic carbocycles. The Kier molecular flexibility index (Phi) is 5.35. The summed E-state index contributed by atoms with van der Waals surface area (Å²) >= 11 is 0. The molecule has 0 atom stereocenters. The van der Waals surface area contributed by atoms with Gasteiger partial charge in [-0.2, -0.15) is 8.42 Å². The second kappa shape index (κ2) is 6.55. The number of hydrogen-bond donors (Lipinski definition) is 3. The molecule has 0 heterocycles. The van der Waals surface area contributed by atoms with Crippen LogP contribution in [0, 0.1) is 0 Å². The number of benzene rings is 1. The zero-order chi connectivity index (χ0) is 13.6. The van der Waals surface area contributed by atoms with Crippen LogP contribution in [-0.2, 0) is 10.4 Å². The molecule has 0 unspecified atom stereocenters. The summed E-state index contributed by atoms with van der Waals surface area (Å²) in [6, 6.07) is 6.11.